The van der Waals surface area contributed by atoms with E-state index in [0.717, 1.165) is 32.7 Å². The van der Waals surface area contributed by atoms with Crippen molar-refractivity contribution in [3.63, 3.8) is 0 Å². The minimum absolute atomic E-state index is 0.0208. The first-order chi connectivity index (χ1) is 9.73. The minimum Gasteiger partial charge on any atom is -0.466 e. The van der Waals surface area contributed by atoms with Crippen LogP contribution in [-0.2, 0) is 16.1 Å². The highest BCUT2D eigenvalue weighted by Gasteiger charge is 2.54. The average molecular weight is 274 g/mol. The molecular formula is C16H22N2O2. The molecule has 2 aliphatic rings. The molecule has 2 fully saturated rings. The van der Waals surface area contributed by atoms with E-state index in [9.17, 15) is 4.79 Å². The zero-order valence-electron chi connectivity index (χ0n) is 12.0. The van der Waals surface area contributed by atoms with Crippen molar-refractivity contribution >= 4 is 5.97 Å². The van der Waals surface area contributed by atoms with Gasteiger partial charge in [-0.2, -0.15) is 0 Å². The van der Waals surface area contributed by atoms with Gasteiger partial charge in [0.25, 0.3) is 0 Å². The molecule has 0 amide bonds. The van der Waals surface area contributed by atoms with Gasteiger partial charge in [-0.25, -0.2) is 0 Å². The van der Waals surface area contributed by atoms with E-state index in [4.69, 9.17) is 4.74 Å². The normalized spacial score (nSPS) is 24.6. The maximum absolute atomic E-state index is 12.2. The van der Waals surface area contributed by atoms with Gasteiger partial charge in [0.1, 0.15) is 0 Å². The first kappa shape index (κ1) is 13.6. The molecule has 2 aliphatic heterocycles. The largest absolute Gasteiger partial charge is 0.466 e. The molecule has 1 unspecified atom stereocenters. The molecular weight excluding hydrogens is 252 g/mol. The molecule has 0 radical (unpaired) electrons. The van der Waals surface area contributed by atoms with Crippen LogP contribution in [-0.4, -0.2) is 43.7 Å². The van der Waals surface area contributed by atoms with Crippen LogP contribution in [0.25, 0.3) is 0 Å². The van der Waals surface area contributed by atoms with E-state index in [0.29, 0.717) is 6.61 Å². The highest BCUT2D eigenvalue weighted by atomic mass is 16.5. The Morgan fingerprint density at radius 2 is 2.15 bits per heavy atom. The Kier molecular flexibility index (Phi) is 3.76. The van der Waals surface area contributed by atoms with Crippen molar-refractivity contribution in [3.05, 3.63) is 35.9 Å². The summed E-state index contributed by atoms with van der Waals surface area (Å²) in [6.45, 7) is 6.92. The van der Waals surface area contributed by atoms with Gasteiger partial charge in [-0.15, -0.1) is 0 Å². The van der Waals surface area contributed by atoms with Crippen LogP contribution in [0.4, 0.5) is 0 Å². The van der Waals surface area contributed by atoms with E-state index in [1.807, 2.05) is 13.0 Å². The standard InChI is InChI=1S/C16H22N2O2/c1-2-20-15(19)14-9-18(12-16(14)10-17-11-16)8-13-6-4-3-5-7-13/h3-7,14,17H,2,8-12H2,1H3. The van der Waals surface area contributed by atoms with Gasteiger partial charge >= 0.3 is 5.97 Å². The van der Waals surface area contributed by atoms with Crippen molar-refractivity contribution in [2.75, 3.05) is 32.8 Å². The van der Waals surface area contributed by atoms with Crippen LogP contribution < -0.4 is 5.32 Å². The van der Waals surface area contributed by atoms with E-state index < -0.39 is 0 Å². The van der Waals surface area contributed by atoms with Gasteiger partial charge in [0, 0.05) is 38.1 Å². The smallest absolute Gasteiger partial charge is 0.310 e. The van der Waals surface area contributed by atoms with Gasteiger partial charge in [0.15, 0.2) is 0 Å². The fraction of sp³-hybridized carbons (Fsp3) is 0.562. The van der Waals surface area contributed by atoms with Gasteiger partial charge in [0.05, 0.1) is 12.5 Å². The summed E-state index contributed by atoms with van der Waals surface area (Å²) in [6.07, 6.45) is 0. The van der Waals surface area contributed by atoms with Crippen molar-refractivity contribution in [1.82, 2.24) is 10.2 Å². The maximum atomic E-state index is 12.2. The summed E-state index contributed by atoms with van der Waals surface area (Å²) in [6, 6.07) is 10.4. The van der Waals surface area contributed by atoms with Crippen molar-refractivity contribution in [2.45, 2.75) is 13.5 Å². The Hall–Kier alpha value is -1.39. The molecule has 1 atom stereocenters. The number of ether oxygens (including phenoxy) is 1. The lowest BCUT2D eigenvalue weighted by Gasteiger charge is -2.42. The summed E-state index contributed by atoms with van der Waals surface area (Å²) >= 11 is 0. The second-order valence-corrected chi connectivity index (χ2v) is 5.93. The van der Waals surface area contributed by atoms with E-state index in [1.54, 1.807) is 0 Å². The van der Waals surface area contributed by atoms with Crippen molar-refractivity contribution in [3.8, 4) is 0 Å². The van der Waals surface area contributed by atoms with E-state index in [2.05, 4.69) is 34.5 Å². The Morgan fingerprint density at radius 1 is 1.40 bits per heavy atom. The van der Waals surface area contributed by atoms with Crippen LogP contribution in [0, 0.1) is 11.3 Å². The monoisotopic (exact) mass is 274 g/mol. The fourth-order valence-electron chi connectivity index (χ4n) is 3.41. The molecule has 20 heavy (non-hydrogen) atoms. The van der Waals surface area contributed by atoms with Crippen molar-refractivity contribution in [2.24, 2.45) is 11.3 Å². The minimum atomic E-state index is -0.0236. The van der Waals surface area contributed by atoms with Gasteiger partial charge in [-0.05, 0) is 12.5 Å². The molecule has 2 heterocycles. The Balaban J connectivity index is 1.69. The quantitative estimate of drug-likeness (QED) is 0.840. The van der Waals surface area contributed by atoms with E-state index >= 15 is 0 Å². The number of hydrogen-bond acceptors (Lipinski definition) is 4. The topological polar surface area (TPSA) is 41.6 Å². The van der Waals surface area contributed by atoms with Crippen LogP contribution in [0.3, 0.4) is 0 Å². The molecule has 1 spiro atoms. The molecule has 0 aromatic heterocycles. The van der Waals surface area contributed by atoms with Crippen molar-refractivity contribution in [1.29, 1.82) is 0 Å². The van der Waals surface area contributed by atoms with Crippen molar-refractivity contribution < 1.29 is 9.53 Å². The van der Waals surface area contributed by atoms with Crippen LogP contribution in [0.1, 0.15) is 12.5 Å². The molecule has 4 heteroatoms. The summed E-state index contributed by atoms with van der Waals surface area (Å²) < 4.78 is 5.26. The lowest BCUT2D eigenvalue weighted by molar-refractivity contribution is -0.152. The molecule has 0 saturated carbocycles. The third kappa shape index (κ3) is 2.45. The predicted octanol–water partition coefficient (Wildman–Crippen LogP) is 1.27. The first-order valence-electron chi connectivity index (χ1n) is 7.37. The zero-order valence-corrected chi connectivity index (χ0v) is 12.0. The number of nitrogens with zero attached hydrogens (tertiary/aromatic N) is 1. The number of benzene rings is 1. The number of hydrogen-bond donors (Lipinski definition) is 1. The van der Waals surface area contributed by atoms with Crippen LogP contribution in [0.5, 0.6) is 0 Å². The summed E-state index contributed by atoms with van der Waals surface area (Å²) in [7, 11) is 0. The van der Waals surface area contributed by atoms with Gasteiger partial charge in [-0.1, -0.05) is 30.3 Å². The number of nitrogens with one attached hydrogen (secondary N) is 1. The Labute approximate surface area is 120 Å². The molecule has 1 N–H and O–H groups in total. The average Bonchev–Trinajstić information content (AvgIpc) is 2.80. The highest BCUT2D eigenvalue weighted by Crippen LogP contribution is 2.40. The highest BCUT2D eigenvalue weighted by molar-refractivity contribution is 5.74. The van der Waals surface area contributed by atoms with Crippen LogP contribution in [0.15, 0.2) is 30.3 Å². The Morgan fingerprint density at radius 3 is 2.75 bits per heavy atom. The predicted molar refractivity (Wildman–Crippen MR) is 77.1 cm³/mol. The molecule has 0 bridgehead atoms. The van der Waals surface area contributed by atoms with Gasteiger partial charge < -0.3 is 10.1 Å². The Bertz CT molecular complexity index is 471. The lowest BCUT2D eigenvalue weighted by Crippen LogP contribution is -2.59. The second kappa shape index (κ2) is 5.54. The van der Waals surface area contributed by atoms with Gasteiger partial charge in [0.2, 0.25) is 0 Å². The molecule has 1 aromatic rings. The van der Waals surface area contributed by atoms with Crippen LogP contribution >= 0.6 is 0 Å². The summed E-state index contributed by atoms with van der Waals surface area (Å²) in [5, 5.41) is 3.32. The van der Waals surface area contributed by atoms with Crippen LogP contribution in [0.2, 0.25) is 0 Å². The summed E-state index contributed by atoms with van der Waals surface area (Å²) in [5.41, 5.74) is 1.40. The van der Waals surface area contributed by atoms with Gasteiger partial charge in [-0.3, -0.25) is 9.69 Å². The fourth-order valence-corrected chi connectivity index (χ4v) is 3.41. The number of carbonyl (C=O) groups excluding carboxylic acids is 1. The van der Waals surface area contributed by atoms with E-state index in [1.165, 1.54) is 5.56 Å². The molecule has 0 aliphatic carbocycles. The maximum Gasteiger partial charge on any atom is 0.310 e. The number of likely N-dealkylation sites (tertiary alicyclic amines) is 1. The molecule has 1 aromatic carbocycles. The second-order valence-electron chi connectivity index (χ2n) is 5.93. The molecule has 2 saturated heterocycles. The molecule has 4 nitrogen and oxygen atoms in total. The zero-order chi connectivity index (χ0) is 14.0. The third-order valence-corrected chi connectivity index (χ3v) is 4.49. The number of carbonyl (C=O) groups is 1. The summed E-state index contributed by atoms with van der Waals surface area (Å²) in [4.78, 5) is 14.6. The number of esters is 1. The number of rotatable bonds is 4. The molecule has 108 valence electrons. The van der Waals surface area contributed by atoms with E-state index in [-0.39, 0.29) is 17.3 Å². The lowest BCUT2D eigenvalue weighted by atomic mass is 9.73. The SMILES string of the molecule is CCOC(=O)C1CN(Cc2ccccc2)CC12CNC2. The molecule has 3 rings (SSSR count). The summed E-state index contributed by atoms with van der Waals surface area (Å²) in [5.74, 6) is -0.00280. The first-order valence-corrected chi connectivity index (χ1v) is 7.37. The third-order valence-electron chi connectivity index (χ3n) is 4.49.